The number of nitrogens with two attached hydrogens (primary N) is 1. The molecule has 0 unspecified atom stereocenters. The molecular formula is C8H11N5O2. The van der Waals surface area contributed by atoms with Gasteiger partial charge in [-0.15, -0.1) is 0 Å². The van der Waals surface area contributed by atoms with Crippen LogP contribution in [0.2, 0.25) is 0 Å². The van der Waals surface area contributed by atoms with Crippen LogP contribution in [0.15, 0.2) is 10.3 Å². The summed E-state index contributed by atoms with van der Waals surface area (Å²) in [6, 6.07) is -0.403. The van der Waals surface area contributed by atoms with Crippen molar-refractivity contribution in [1.82, 2.24) is 10.4 Å². The van der Waals surface area contributed by atoms with Gasteiger partial charge in [-0.05, 0) is 12.8 Å². The van der Waals surface area contributed by atoms with E-state index >= 15 is 0 Å². The van der Waals surface area contributed by atoms with E-state index in [2.05, 4.69) is 15.7 Å². The normalized spacial score (nSPS) is 27.0. The summed E-state index contributed by atoms with van der Waals surface area (Å²) in [6.45, 7) is 0.282. The number of hydrogen-bond donors (Lipinski definition) is 2. The van der Waals surface area contributed by atoms with Crippen molar-refractivity contribution in [3.63, 3.8) is 0 Å². The molecule has 3 aliphatic rings. The molecule has 2 amide bonds. The Kier molecular flexibility index (Phi) is 1.55. The number of carbonyl (C=O) groups excluding carboxylic acids is 1. The van der Waals surface area contributed by atoms with Crippen molar-refractivity contribution in [2.45, 2.75) is 24.9 Å². The predicted molar refractivity (Wildman–Crippen MR) is 52.0 cm³/mol. The number of carbonyl (C=O) groups is 1. The first-order chi connectivity index (χ1) is 7.19. The first-order valence-corrected chi connectivity index (χ1v) is 4.83. The number of hydrazine groups is 1. The molecule has 0 atom stereocenters. The standard InChI is InChI=1S/C8H11N5O2/c9-13-4-6(10-11-7(13)14)5-3-8(1-2-8)15-12-5/h1-4,9H2,(H,11,14). The molecule has 15 heavy (non-hydrogen) atoms. The number of rotatable bonds is 1. The van der Waals surface area contributed by atoms with Gasteiger partial charge in [-0.25, -0.2) is 16.1 Å². The molecule has 80 valence electrons. The highest BCUT2D eigenvalue weighted by Crippen LogP contribution is 2.46. The van der Waals surface area contributed by atoms with Crippen molar-refractivity contribution in [1.29, 1.82) is 0 Å². The van der Waals surface area contributed by atoms with Crippen LogP contribution in [0.3, 0.4) is 0 Å². The van der Waals surface area contributed by atoms with Crippen LogP contribution in [0, 0.1) is 0 Å². The zero-order valence-corrected chi connectivity index (χ0v) is 8.06. The number of nitrogens with one attached hydrogen (secondary N) is 1. The third kappa shape index (κ3) is 1.35. The fraction of sp³-hybridized carbons (Fsp3) is 0.625. The van der Waals surface area contributed by atoms with Gasteiger partial charge < -0.3 is 4.84 Å². The van der Waals surface area contributed by atoms with Gasteiger partial charge in [0.15, 0.2) is 0 Å². The smallest absolute Gasteiger partial charge is 0.352 e. The quantitative estimate of drug-likeness (QED) is 0.452. The summed E-state index contributed by atoms with van der Waals surface area (Å²) in [4.78, 5) is 16.3. The third-order valence-electron chi connectivity index (χ3n) is 2.85. The average molecular weight is 209 g/mol. The molecule has 3 rings (SSSR count). The Morgan fingerprint density at radius 2 is 2.27 bits per heavy atom. The molecule has 1 fully saturated rings. The van der Waals surface area contributed by atoms with E-state index in [1.165, 1.54) is 0 Å². The van der Waals surface area contributed by atoms with Gasteiger partial charge in [0.05, 0.1) is 6.54 Å². The van der Waals surface area contributed by atoms with Crippen LogP contribution in [0.5, 0.6) is 0 Å². The lowest BCUT2D eigenvalue weighted by Gasteiger charge is -2.21. The molecule has 1 aliphatic carbocycles. The molecule has 0 radical (unpaired) electrons. The number of amides is 2. The molecule has 7 nitrogen and oxygen atoms in total. The zero-order chi connectivity index (χ0) is 10.5. The molecule has 0 aromatic carbocycles. The van der Waals surface area contributed by atoms with E-state index in [-0.39, 0.29) is 12.1 Å². The van der Waals surface area contributed by atoms with Gasteiger partial charge in [-0.2, -0.15) is 5.10 Å². The van der Waals surface area contributed by atoms with Crippen molar-refractivity contribution in [2.75, 3.05) is 6.54 Å². The van der Waals surface area contributed by atoms with Crippen LogP contribution in [0.25, 0.3) is 0 Å². The first-order valence-electron chi connectivity index (χ1n) is 4.83. The summed E-state index contributed by atoms with van der Waals surface area (Å²) in [5.74, 6) is 5.46. The molecular weight excluding hydrogens is 198 g/mol. The van der Waals surface area contributed by atoms with Gasteiger partial charge in [0.1, 0.15) is 17.0 Å². The average Bonchev–Trinajstić information content (AvgIpc) is 2.82. The highest BCUT2D eigenvalue weighted by Gasteiger charge is 2.51. The van der Waals surface area contributed by atoms with Gasteiger partial charge in [-0.3, -0.25) is 5.01 Å². The maximum Gasteiger partial charge on any atom is 0.352 e. The lowest BCUT2D eigenvalue weighted by Crippen LogP contribution is -2.51. The Bertz CT molecular complexity index is 384. The molecule has 0 saturated heterocycles. The summed E-state index contributed by atoms with van der Waals surface area (Å²) < 4.78 is 0. The van der Waals surface area contributed by atoms with Crippen molar-refractivity contribution in [3.8, 4) is 0 Å². The number of urea groups is 1. The van der Waals surface area contributed by atoms with Crippen LogP contribution >= 0.6 is 0 Å². The van der Waals surface area contributed by atoms with Gasteiger partial charge >= 0.3 is 6.03 Å². The Morgan fingerprint density at radius 1 is 1.47 bits per heavy atom. The van der Waals surface area contributed by atoms with E-state index in [0.29, 0.717) is 5.71 Å². The Labute approximate surface area is 85.9 Å². The van der Waals surface area contributed by atoms with Crippen LogP contribution in [0.1, 0.15) is 19.3 Å². The molecule has 2 heterocycles. The molecule has 7 heteroatoms. The predicted octanol–water partition coefficient (Wildman–Crippen LogP) is -0.450. The minimum absolute atomic E-state index is 0.0568. The molecule has 2 aliphatic heterocycles. The minimum atomic E-state index is -0.403. The van der Waals surface area contributed by atoms with Crippen molar-refractivity contribution in [2.24, 2.45) is 16.1 Å². The fourth-order valence-corrected chi connectivity index (χ4v) is 1.69. The number of oxime groups is 1. The maximum absolute atomic E-state index is 11.0. The zero-order valence-electron chi connectivity index (χ0n) is 8.06. The third-order valence-corrected chi connectivity index (χ3v) is 2.85. The SMILES string of the molecule is NN1CC(C2=NOC3(CC3)C2)=NNC1=O. The van der Waals surface area contributed by atoms with E-state index in [0.717, 1.165) is 30.0 Å². The number of hydrazone groups is 1. The fourth-order valence-electron chi connectivity index (χ4n) is 1.69. The lowest BCUT2D eigenvalue weighted by atomic mass is 10.1. The van der Waals surface area contributed by atoms with Gasteiger partial charge in [-0.1, -0.05) is 5.16 Å². The van der Waals surface area contributed by atoms with Crippen LogP contribution in [-0.2, 0) is 4.84 Å². The van der Waals surface area contributed by atoms with Gasteiger partial charge in [0.25, 0.3) is 0 Å². The Morgan fingerprint density at radius 3 is 2.87 bits per heavy atom. The van der Waals surface area contributed by atoms with E-state index in [9.17, 15) is 4.79 Å². The minimum Gasteiger partial charge on any atom is -0.389 e. The number of hydrogen-bond acceptors (Lipinski definition) is 5. The molecule has 1 spiro atoms. The monoisotopic (exact) mass is 209 g/mol. The second-order valence-electron chi connectivity index (χ2n) is 4.09. The summed E-state index contributed by atoms with van der Waals surface area (Å²) in [5.41, 5.74) is 3.74. The molecule has 3 N–H and O–H groups in total. The second-order valence-corrected chi connectivity index (χ2v) is 4.09. The summed E-state index contributed by atoms with van der Waals surface area (Å²) in [7, 11) is 0. The molecule has 1 saturated carbocycles. The van der Waals surface area contributed by atoms with Crippen LogP contribution in [0.4, 0.5) is 4.79 Å². The van der Waals surface area contributed by atoms with E-state index in [1.54, 1.807) is 0 Å². The maximum atomic E-state index is 11.0. The molecule has 0 bridgehead atoms. The first kappa shape index (κ1) is 8.66. The number of nitrogens with zero attached hydrogens (tertiary/aromatic N) is 3. The van der Waals surface area contributed by atoms with Crippen molar-refractivity contribution < 1.29 is 9.63 Å². The Hall–Kier alpha value is -1.63. The highest BCUT2D eigenvalue weighted by atomic mass is 16.7. The molecule has 0 aromatic heterocycles. The Balaban J connectivity index is 1.75. The van der Waals surface area contributed by atoms with Crippen molar-refractivity contribution in [3.05, 3.63) is 0 Å². The van der Waals surface area contributed by atoms with Gasteiger partial charge in [0, 0.05) is 6.42 Å². The topological polar surface area (TPSA) is 92.3 Å². The van der Waals surface area contributed by atoms with Crippen LogP contribution < -0.4 is 11.3 Å². The largest absolute Gasteiger partial charge is 0.389 e. The summed E-state index contributed by atoms with van der Waals surface area (Å²) in [6.07, 6.45) is 2.87. The van der Waals surface area contributed by atoms with E-state index in [1.807, 2.05) is 0 Å². The summed E-state index contributed by atoms with van der Waals surface area (Å²) >= 11 is 0. The van der Waals surface area contributed by atoms with Gasteiger partial charge in [0.2, 0.25) is 0 Å². The second kappa shape index (κ2) is 2.69. The lowest BCUT2D eigenvalue weighted by molar-refractivity contribution is 0.0651. The van der Waals surface area contributed by atoms with E-state index < -0.39 is 6.03 Å². The molecule has 0 aromatic rings. The van der Waals surface area contributed by atoms with Crippen LogP contribution in [-0.4, -0.2) is 34.6 Å². The highest BCUT2D eigenvalue weighted by molar-refractivity contribution is 6.44. The van der Waals surface area contributed by atoms with Crippen molar-refractivity contribution >= 4 is 17.5 Å². The van der Waals surface area contributed by atoms with E-state index in [4.69, 9.17) is 10.7 Å². The summed E-state index contributed by atoms with van der Waals surface area (Å²) in [5, 5.41) is 8.98.